The first-order valence-electron chi connectivity index (χ1n) is 4.98. The minimum atomic E-state index is -0.349. The van der Waals surface area contributed by atoms with Gasteiger partial charge < -0.3 is 10.1 Å². The van der Waals surface area contributed by atoms with Gasteiger partial charge >= 0.3 is 5.97 Å². The van der Waals surface area contributed by atoms with E-state index in [1.807, 2.05) is 0 Å². The van der Waals surface area contributed by atoms with Crippen LogP contribution < -0.4 is 5.32 Å². The van der Waals surface area contributed by atoms with Gasteiger partial charge in [-0.25, -0.2) is 4.39 Å². The quantitative estimate of drug-likeness (QED) is 0.847. The number of rotatable bonds is 5. The molecular formula is C11H13BrFNO2. The summed E-state index contributed by atoms with van der Waals surface area (Å²) in [6.45, 7) is 2.47. The molecule has 0 saturated carbocycles. The summed E-state index contributed by atoms with van der Waals surface area (Å²) in [5.74, 6) is -0.634. The number of hydrogen-bond acceptors (Lipinski definition) is 3. The van der Waals surface area contributed by atoms with Gasteiger partial charge in [0.05, 0.1) is 18.7 Å². The molecule has 0 saturated heterocycles. The topological polar surface area (TPSA) is 38.3 Å². The van der Waals surface area contributed by atoms with E-state index in [-0.39, 0.29) is 18.2 Å². The van der Waals surface area contributed by atoms with E-state index in [9.17, 15) is 9.18 Å². The van der Waals surface area contributed by atoms with Gasteiger partial charge in [0, 0.05) is 11.0 Å². The van der Waals surface area contributed by atoms with E-state index >= 15 is 0 Å². The number of esters is 1. The lowest BCUT2D eigenvalue weighted by Gasteiger charge is -2.07. The molecule has 3 nitrogen and oxygen atoms in total. The molecule has 0 atom stereocenters. The van der Waals surface area contributed by atoms with Gasteiger partial charge in [-0.05, 0) is 25.1 Å². The molecule has 0 bridgehead atoms. The summed E-state index contributed by atoms with van der Waals surface area (Å²) in [7, 11) is 0. The second kappa shape index (κ2) is 6.48. The summed E-state index contributed by atoms with van der Waals surface area (Å²) < 4.78 is 18.7. The average Bonchev–Trinajstić information content (AvgIpc) is 2.22. The van der Waals surface area contributed by atoms with Gasteiger partial charge in [-0.15, -0.1) is 0 Å². The van der Waals surface area contributed by atoms with E-state index < -0.39 is 0 Å². The zero-order chi connectivity index (χ0) is 12.0. The number of nitrogens with one attached hydrogen (secondary N) is 1. The Bertz CT molecular complexity index is 371. The van der Waals surface area contributed by atoms with Crippen molar-refractivity contribution in [3.8, 4) is 0 Å². The third-order valence-electron chi connectivity index (χ3n) is 1.88. The molecule has 0 radical (unpaired) electrons. The van der Waals surface area contributed by atoms with Gasteiger partial charge in [0.1, 0.15) is 5.82 Å². The van der Waals surface area contributed by atoms with Crippen molar-refractivity contribution in [3.05, 3.63) is 28.5 Å². The lowest BCUT2D eigenvalue weighted by atomic mass is 10.3. The minimum Gasteiger partial charge on any atom is -0.466 e. The van der Waals surface area contributed by atoms with Crippen molar-refractivity contribution in [2.75, 3.05) is 18.5 Å². The minimum absolute atomic E-state index is 0.226. The fraction of sp³-hybridized carbons (Fsp3) is 0.364. The van der Waals surface area contributed by atoms with Crippen LogP contribution in [-0.2, 0) is 9.53 Å². The van der Waals surface area contributed by atoms with Crippen LogP contribution >= 0.6 is 15.9 Å². The molecule has 0 fully saturated rings. The van der Waals surface area contributed by atoms with Crippen LogP contribution in [0.5, 0.6) is 0 Å². The third-order valence-corrected chi connectivity index (χ3v) is 2.37. The molecule has 1 aromatic rings. The highest BCUT2D eigenvalue weighted by molar-refractivity contribution is 9.10. The predicted octanol–water partition coefficient (Wildman–Crippen LogP) is 2.95. The Hall–Kier alpha value is -1.10. The Labute approximate surface area is 102 Å². The van der Waals surface area contributed by atoms with Crippen molar-refractivity contribution in [2.45, 2.75) is 13.3 Å². The molecule has 0 aliphatic heterocycles. The number of halogens is 2. The first kappa shape index (κ1) is 13.0. The van der Waals surface area contributed by atoms with Crippen molar-refractivity contribution < 1.29 is 13.9 Å². The summed E-state index contributed by atoms with van der Waals surface area (Å²) in [5.41, 5.74) is 0.382. The fourth-order valence-corrected chi connectivity index (χ4v) is 1.50. The lowest BCUT2D eigenvalue weighted by Crippen LogP contribution is -2.11. The third kappa shape index (κ3) is 4.18. The molecule has 1 rings (SSSR count). The molecule has 0 aliphatic carbocycles. The second-order valence-corrected chi connectivity index (χ2v) is 4.02. The molecule has 16 heavy (non-hydrogen) atoms. The number of carbonyl (C=O) groups excluding carboxylic acids is 1. The standard InChI is InChI=1S/C11H13BrFNO2/c1-2-16-11(15)5-6-14-10-4-3-8(12)7-9(10)13/h3-4,7,14H,2,5-6H2,1H3. The molecular weight excluding hydrogens is 277 g/mol. The number of anilines is 1. The molecule has 0 amide bonds. The average molecular weight is 290 g/mol. The zero-order valence-corrected chi connectivity index (χ0v) is 10.5. The van der Waals surface area contributed by atoms with Crippen LogP contribution in [0.4, 0.5) is 10.1 Å². The van der Waals surface area contributed by atoms with Crippen LogP contribution in [0.25, 0.3) is 0 Å². The predicted molar refractivity (Wildman–Crippen MR) is 63.8 cm³/mol. The van der Waals surface area contributed by atoms with E-state index in [0.29, 0.717) is 23.3 Å². The zero-order valence-electron chi connectivity index (χ0n) is 8.93. The van der Waals surface area contributed by atoms with Crippen molar-refractivity contribution in [1.29, 1.82) is 0 Å². The van der Waals surface area contributed by atoms with E-state index in [0.717, 1.165) is 0 Å². The fourth-order valence-electron chi connectivity index (χ4n) is 1.17. The van der Waals surface area contributed by atoms with Gasteiger partial charge in [-0.3, -0.25) is 4.79 Å². The molecule has 0 aromatic heterocycles. The van der Waals surface area contributed by atoms with Gasteiger partial charge in [0.2, 0.25) is 0 Å². The van der Waals surface area contributed by atoms with E-state index in [4.69, 9.17) is 4.74 Å². The van der Waals surface area contributed by atoms with E-state index in [1.165, 1.54) is 6.07 Å². The molecule has 0 spiro atoms. The highest BCUT2D eigenvalue weighted by atomic mass is 79.9. The van der Waals surface area contributed by atoms with Gasteiger partial charge in [-0.1, -0.05) is 15.9 Å². The van der Waals surface area contributed by atoms with Crippen LogP contribution in [0.1, 0.15) is 13.3 Å². The van der Waals surface area contributed by atoms with Crippen molar-refractivity contribution >= 4 is 27.6 Å². The summed E-state index contributed by atoms with van der Waals surface area (Å²) in [6.07, 6.45) is 0.226. The highest BCUT2D eigenvalue weighted by Gasteiger charge is 2.04. The largest absolute Gasteiger partial charge is 0.466 e. The van der Waals surface area contributed by atoms with Crippen LogP contribution in [0.2, 0.25) is 0 Å². The van der Waals surface area contributed by atoms with Crippen LogP contribution in [0, 0.1) is 5.82 Å². The molecule has 0 heterocycles. The van der Waals surface area contributed by atoms with Crippen molar-refractivity contribution in [3.63, 3.8) is 0 Å². The van der Waals surface area contributed by atoms with Crippen molar-refractivity contribution in [2.24, 2.45) is 0 Å². The highest BCUT2D eigenvalue weighted by Crippen LogP contribution is 2.19. The van der Waals surface area contributed by atoms with Crippen LogP contribution in [-0.4, -0.2) is 19.1 Å². The molecule has 0 unspecified atom stereocenters. The molecule has 1 N–H and O–H groups in total. The smallest absolute Gasteiger partial charge is 0.307 e. The number of carbonyl (C=O) groups is 1. The Morgan fingerprint density at radius 3 is 2.94 bits per heavy atom. The monoisotopic (exact) mass is 289 g/mol. The summed E-state index contributed by atoms with van der Waals surface area (Å²) in [5, 5.41) is 2.83. The second-order valence-electron chi connectivity index (χ2n) is 3.11. The molecule has 5 heteroatoms. The first-order chi connectivity index (χ1) is 7.63. The van der Waals surface area contributed by atoms with Crippen LogP contribution in [0.15, 0.2) is 22.7 Å². The Balaban J connectivity index is 2.40. The summed E-state index contributed by atoms with van der Waals surface area (Å²) >= 11 is 3.17. The summed E-state index contributed by atoms with van der Waals surface area (Å²) in [4.78, 5) is 11.0. The number of ether oxygens (including phenoxy) is 1. The molecule has 88 valence electrons. The van der Waals surface area contributed by atoms with E-state index in [2.05, 4.69) is 21.2 Å². The Kier molecular flexibility index (Phi) is 5.25. The number of benzene rings is 1. The van der Waals surface area contributed by atoms with E-state index in [1.54, 1.807) is 19.1 Å². The van der Waals surface area contributed by atoms with Crippen molar-refractivity contribution in [1.82, 2.24) is 0 Å². The summed E-state index contributed by atoms with van der Waals surface area (Å²) in [6, 6.07) is 4.72. The van der Waals surface area contributed by atoms with Gasteiger partial charge in [0.15, 0.2) is 0 Å². The normalized spacial score (nSPS) is 9.94. The van der Waals surface area contributed by atoms with Crippen LogP contribution in [0.3, 0.4) is 0 Å². The number of hydrogen-bond donors (Lipinski definition) is 1. The maximum Gasteiger partial charge on any atom is 0.307 e. The Morgan fingerprint density at radius 1 is 1.56 bits per heavy atom. The SMILES string of the molecule is CCOC(=O)CCNc1ccc(Br)cc1F. The first-order valence-corrected chi connectivity index (χ1v) is 5.77. The maximum absolute atomic E-state index is 13.3. The van der Waals surface area contributed by atoms with Gasteiger partial charge in [-0.2, -0.15) is 0 Å². The molecule has 0 aliphatic rings. The lowest BCUT2D eigenvalue weighted by molar-refractivity contribution is -0.142. The Morgan fingerprint density at radius 2 is 2.31 bits per heavy atom. The molecule has 1 aromatic carbocycles. The maximum atomic E-state index is 13.3. The van der Waals surface area contributed by atoms with Gasteiger partial charge in [0.25, 0.3) is 0 Å².